The molecule has 0 saturated carbocycles. The summed E-state index contributed by atoms with van der Waals surface area (Å²) >= 11 is 6.26. The van der Waals surface area contributed by atoms with Crippen LogP contribution in [0.25, 0.3) is 0 Å². The summed E-state index contributed by atoms with van der Waals surface area (Å²) in [6.07, 6.45) is 2.43. The lowest BCUT2D eigenvalue weighted by Crippen LogP contribution is -2.20. The number of nitrogens with one attached hydrogen (secondary N) is 1. The second-order valence-electron chi connectivity index (χ2n) is 6.41. The van der Waals surface area contributed by atoms with Gasteiger partial charge >= 0.3 is 0 Å². The molecule has 1 aliphatic heterocycles. The number of rotatable bonds is 6. The summed E-state index contributed by atoms with van der Waals surface area (Å²) in [5.74, 6) is 2.27. The zero-order valence-corrected chi connectivity index (χ0v) is 16.7. The number of fused-ring (bicyclic) bond motifs is 1. The minimum absolute atomic E-state index is 0.197. The highest BCUT2D eigenvalue weighted by Crippen LogP contribution is 2.37. The summed E-state index contributed by atoms with van der Waals surface area (Å²) in [6.45, 7) is 0.909. The molecular formula is C22H19ClN2O5. The number of hydrogen-bond acceptors (Lipinski definition) is 6. The van der Waals surface area contributed by atoms with Gasteiger partial charge in [0.25, 0.3) is 5.91 Å². The largest absolute Gasteiger partial charge is 0.490 e. The lowest BCUT2D eigenvalue weighted by Gasteiger charge is -2.13. The van der Waals surface area contributed by atoms with Gasteiger partial charge in [-0.05, 0) is 18.2 Å². The molecule has 1 aromatic heterocycles. The Bertz CT molecular complexity index is 1030. The van der Waals surface area contributed by atoms with Crippen LogP contribution in [0.15, 0.2) is 60.8 Å². The van der Waals surface area contributed by atoms with Crippen LogP contribution in [-0.2, 0) is 4.79 Å². The van der Waals surface area contributed by atoms with Crippen LogP contribution < -0.4 is 24.3 Å². The average molecular weight is 427 g/mol. The van der Waals surface area contributed by atoms with E-state index in [0.717, 1.165) is 6.42 Å². The summed E-state index contributed by atoms with van der Waals surface area (Å²) in [6, 6.07) is 15.6. The number of anilines is 1. The number of amides is 1. The number of hydrogen-bond donors (Lipinski definition) is 1. The van der Waals surface area contributed by atoms with Crippen molar-refractivity contribution >= 4 is 23.2 Å². The Morgan fingerprint density at radius 2 is 1.83 bits per heavy atom. The van der Waals surface area contributed by atoms with Gasteiger partial charge in [-0.2, -0.15) is 0 Å². The van der Waals surface area contributed by atoms with Crippen LogP contribution in [0.2, 0.25) is 5.02 Å². The Morgan fingerprint density at radius 3 is 2.63 bits per heavy atom. The summed E-state index contributed by atoms with van der Waals surface area (Å²) < 4.78 is 22.5. The Hall–Kier alpha value is -3.45. The van der Waals surface area contributed by atoms with Gasteiger partial charge < -0.3 is 24.3 Å². The van der Waals surface area contributed by atoms with E-state index in [1.54, 1.807) is 54.7 Å². The summed E-state index contributed by atoms with van der Waals surface area (Å²) in [5, 5.41) is 3.09. The van der Waals surface area contributed by atoms with Crippen molar-refractivity contribution in [3.05, 3.63) is 65.8 Å². The molecule has 1 amide bonds. The number of aromatic nitrogens is 1. The van der Waals surface area contributed by atoms with Gasteiger partial charge in [-0.1, -0.05) is 23.7 Å². The normalized spacial score (nSPS) is 12.6. The zero-order valence-electron chi connectivity index (χ0n) is 16.0. The number of carbonyl (C=O) groups is 1. The SMILES string of the molecule is O=C(COc1cccc(Oc2ccccn2)c1)Nc1cc2c(cc1Cl)OCCCO2. The first-order chi connectivity index (χ1) is 14.7. The molecule has 8 heteroatoms. The van der Waals surface area contributed by atoms with E-state index in [1.165, 1.54) is 0 Å². The maximum Gasteiger partial charge on any atom is 0.262 e. The molecule has 0 saturated heterocycles. The predicted octanol–water partition coefficient (Wildman–Crippen LogP) is 4.71. The van der Waals surface area contributed by atoms with Crippen molar-refractivity contribution in [3.63, 3.8) is 0 Å². The minimum atomic E-state index is -0.359. The van der Waals surface area contributed by atoms with Gasteiger partial charge in [-0.25, -0.2) is 4.98 Å². The molecule has 2 heterocycles. The predicted molar refractivity (Wildman–Crippen MR) is 112 cm³/mol. The Morgan fingerprint density at radius 1 is 1.03 bits per heavy atom. The van der Waals surface area contributed by atoms with E-state index >= 15 is 0 Å². The highest BCUT2D eigenvalue weighted by molar-refractivity contribution is 6.34. The molecule has 1 aliphatic rings. The molecule has 7 nitrogen and oxygen atoms in total. The number of pyridine rings is 1. The molecule has 0 bridgehead atoms. The number of carbonyl (C=O) groups excluding carboxylic acids is 1. The molecule has 0 unspecified atom stereocenters. The topological polar surface area (TPSA) is 78.9 Å². The fraction of sp³-hybridized carbons (Fsp3) is 0.182. The van der Waals surface area contributed by atoms with Gasteiger partial charge in [0, 0.05) is 36.9 Å². The second-order valence-corrected chi connectivity index (χ2v) is 6.82. The molecule has 0 radical (unpaired) electrons. The van der Waals surface area contributed by atoms with Crippen LogP contribution in [-0.4, -0.2) is 30.7 Å². The van der Waals surface area contributed by atoms with Gasteiger partial charge in [0.05, 0.1) is 23.9 Å². The molecule has 0 atom stereocenters. The highest BCUT2D eigenvalue weighted by atomic mass is 35.5. The van der Waals surface area contributed by atoms with Crippen LogP contribution in [0.1, 0.15) is 6.42 Å². The number of nitrogens with zero attached hydrogens (tertiary/aromatic N) is 1. The fourth-order valence-electron chi connectivity index (χ4n) is 2.77. The van der Waals surface area contributed by atoms with Crippen LogP contribution in [0.4, 0.5) is 5.69 Å². The first-order valence-electron chi connectivity index (χ1n) is 9.38. The maximum absolute atomic E-state index is 12.3. The Balaban J connectivity index is 1.36. The minimum Gasteiger partial charge on any atom is -0.490 e. The van der Waals surface area contributed by atoms with E-state index in [1.807, 2.05) is 6.07 Å². The average Bonchev–Trinajstić information content (AvgIpc) is 2.98. The van der Waals surface area contributed by atoms with E-state index in [4.69, 9.17) is 30.5 Å². The van der Waals surface area contributed by atoms with Crippen molar-refractivity contribution in [2.24, 2.45) is 0 Å². The van der Waals surface area contributed by atoms with E-state index in [0.29, 0.717) is 52.8 Å². The third kappa shape index (κ3) is 5.12. The fourth-order valence-corrected chi connectivity index (χ4v) is 2.97. The summed E-state index contributed by atoms with van der Waals surface area (Å²) in [7, 11) is 0. The van der Waals surface area contributed by atoms with E-state index in [9.17, 15) is 4.79 Å². The molecule has 0 fully saturated rings. The van der Waals surface area contributed by atoms with E-state index in [2.05, 4.69) is 10.3 Å². The number of ether oxygens (including phenoxy) is 4. The van der Waals surface area contributed by atoms with Crippen molar-refractivity contribution in [2.45, 2.75) is 6.42 Å². The molecule has 1 N–H and O–H groups in total. The van der Waals surface area contributed by atoms with E-state index in [-0.39, 0.29) is 12.5 Å². The van der Waals surface area contributed by atoms with Crippen molar-refractivity contribution in [1.82, 2.24) is 4.98 Å². The summed E-state index contributed by atoms with van der Waals surface area (Å²) in [5.41, 5.74) is 0.432. The maximum atomic E-state index is 12.3. The lowest BCUT2D eigenvalue weighted by molar-refractivity contribution is -0.118. The lowest BCUT2D eigenvalue weighted by atomic mass is 10.2. The second kappa shape index (κ2) is 9.37. The first-order valence-corrected chi connectivity index (χ1v) is 9.76. The van der Waals surface area contributed by atoms with Gasteiger partial charge in [-0.15, -0.1) is 0 Å². The molecule has 0 aliphatic carbocycles. The molecular weight excluding hydrogens is 408 g/mol. The Kier molecular flexibility index (Phi) is 6.20. The molecule has 4 rings (SSSR count). The number of benzene rings is 2. The summed E-state index contributed by atoms with van der Waals surface area (Å²) in [4.78, 5) is 16.5. The monoisotopic (exact) mass is 426 g/mol. The van der Waals surface area contributed by atoms with Crippen molar-refractivity contribution in [1.29, 1.82) is 0 Å². The van der Waals surface area contributed by atoms with Gasteiger partial charge in [0.1, 0.15) is 11.5 Å². The molecule has 30 heavy (non-hydrogen) atoms. The van der Waals surface area contributed by atoms with Crippen LogP contribution in [0.5, 0.6) is 28.9 Å². The Labute approximate surface area is 178 Å². The molecule has 0 spiro atoms. The highest BCUT2D eigenvalue weighted by Gasteiger charge is 2.16. The molecule has 154 valence electrons. The first kappa shape index (κ1) is 19.8. The van der Waals surface area contributed by atoms with Crippen molar-refractivity contribution in [3.8, 4) is 28.9 Å². The van der Waals surface area contributed by atoms with Crippen LogP contribution >= 0.6 is 11.6 Å². The third-order valence-electron chi connectivity index (χ3n) is 4.15. The third-order valence-corrected chi connectivity index (χ3v) is 4.46. The van der Waals surface area contributed by atoms with Gasteiger partial charge in [0.2, 0.25) is 5.88 Å². The van der Waals surface area contributed by atoms with Crippen molar-refractivity contribution < 1.29 is 23.7 Å². The molecule has 2 aromatic carbocycles. The van der Waals surface area contributed by atoms with Crippen molar-refractivity contribution in [2.75, 3.05) is 25.1 Å². The quantitative estimate of drug-likeness (QED) is 0.615. The molecule has 3 aromatic rings. The number of halogens is 1. The van der Waals surface area contributed by atoms with Gasteiger partial charge in [0.15, 0.2) is 18.1 Å². The standard InChI is InChI=1S/C22H19ClN2O5/c23-17-12-19-20(28-10-4-9-27-19)13-18(17)25-21(26)14-29-15-5-3-6-16(11-15)30-22-7-1-2-8-24-22/h1-3,5-8,11-13H,4,9-10,14H2,(H,25,26). The van der Waals surface area contributed by atoms with E-state index < -0.39 is 0 Å². The van der Waals surface area contributed by atoms with Crippen LogP contribution in [0.3, 0.4) is 0 Å². The van der Waals surface area contributed by atoms with Crippen LogP contribution in [0, 0.1) is 0 Å². The van der Waals surface area contributed by atoms with Gasteiger partial charge in [-0.3, -0.25) is 4.79 Å². The zero-order chi connectivity index (χ0) is 20.8. The smallest absolute Gasteiger partial charge is 0.262 e.